The standard InChI is InChI=1S/C14H27NO2/c1-9(2)11-7-10(5-6-17-11)15-12-8-13(16)14(12,3)4/h9-13,15-16H,5-8H2,1-4H3. The maximum atomic E-state index is 9.75. The molecule has 0 aromatic heterocycles. The molecular formula is C14H27NO2. The van der Waals surface area contributed by atoms with Gasteiger partial charge in [-0.05, 0) is 25.2 Å². The number of hydrogen-bond donors (Lipinski definition) is 2. The van der Waals surface area contributed by atoms with Crippen molar-refractivity contribution in [3.8, 4) is 0 Å². The normalized spacial score (nSPS) is 41.3. The number of nitrogens with one attached hydrogen (secondary N) is 1. The van der Waals surface area contributed by atoms with Crippen molar-refractivity contribution in [1.29, 1.82) is 0 Å². The molecule has 0 amide bonds. The lowest BCUT2D eigenvalue weighted by molar-refractivity contribution is -0.0869. The van der Waals surface area contributed by atoms with Crippen molar-refractivity contribution in [2.45, 2.75) is 71.2 Å². The zero-order valence-corrected chi connectivity index (χ0v) is 11.6. The van der Waals surface area contributed by atoms with Crippen LogP contribution < -0.4 is 5.32 Å². The highest BCUT2D eigenvalue weighted by Gasteiger charge is 2.48. The number of hydrogen-bond acceptors (Lipinski definition) is 3. The van der Waals surface area contributed by atoms with E-state index in [0.29, 0.717) is 24.1 Å². The molecule has 1 aliphatic heterocycles. The van der Waals surface area contributed by atoms with Gasteiger partial charge in [-0.3, -0.25) is 0 Å². The Bertz CT molecular complexity index is 265. The van der Waals surface area contributed by atoms with Crippen LogP contribution in [0.4, 0.5) is 0 Å². The van der Waals surface area contributed by atoms with Crippen LogP contribution in [0.3, 0.4) is 0 Å². The minimum Gasteiger partial charge on any atom is -0.392 e. The molecule has 1 aliphatic carbocycles. The first-order chi connectivity index (χ1) is 7.91. The van der Waals surface area contributed by atoms with E-state index in [1.807, 2.05) is 0 Å². The molecule has 2 fully saturated rings. The maximum Gasteiger partial charge on any atom is 0.0621 e. The summed E-state index contributed by atoms with van der Waals surface area (Å²) >= 11 is 0. The van der Waals surface area contributed by atoms with E-state index in [2.05, 4.69) is 33.0 Å². The van der Waals surface area contributed by atoms with Crippen molar-refractivity contribution >= 4 is 0 Å². The minimum atomic E-state index is -0.138. The summed E-state index contributed by atoms with van der Waals surface area (Å²) in [6, 6.07) is 1.03. The maximum absolute atomic E-state index is 9.75. The van der Waals surface area contributed by atoms with Gasteiger partial charge in [0.05, 0.1) is 12.2 Å². The third kappa shape index (κ3) is 2.67. The highest BCUT2D eigenvalue weighted by molar-refractivity contribution is 5.03. The van der Waals surface area contributed by atoms with Gasteiger partial charge in [-0.15, -0.1) is 0 Å². The molecule has 1 heterocycles. The van der Waals surface area contributed by atoms with Crippen molar-refractivity contribution in [1.82, 2.24) is 5.32 Å². The molecule has 0 radical (unpaired) electrons. The third-order valence-electron chi connectivity index (χ3n) is 4.71. The monoisotopic (exact) mass is 241 g/mol. The van der Waals surface area contributed by atoms with E-state index < -0.39 is 0 Å². The van der Waals surface area contributed by atoms with Crippen LogP contribution in [-0.4, -0.2) is 36.0 Å². The Kier molecular flexibility index (Phi) is 3.81. The van der Waals surface area contributed by atoms with E-state index in [1.54, 1.807) is 0 Å². The molecule has 1 saturated carbocycles. The Morgan fingerprint density at radius 3 is 2.53 bits per heavy atom. The SMILES string of the molecule is CC(C)C1CC(NC2CC(O)C2(C)C)CCO1. The third-order valence-corrected chi connectivity index (χ3v) is 4.71. The van der Waals surface area contributed by atoms with Gasteiger partial charge in [-0.1, -0.05) is 27.7 Å². The van der Waals surface area contributed by atoms with E-state index in [1.165, 1.54) is 0 Å². The van der Waals surface area contributed by atoms with Gasteiger partial charge in [0, 0.05) is 24.1 Å². The molecule has 3 heteroatoms. The Morgan fingerprint density at radius 1 is 1.29 bits per heavy atom. The van der Waals surface area contributed by atoms with E-state index in [4.69, 9.17) is 4.74 Å². The second-order valence-electron chi connectivity index (χ2n) is 6.67. The van der Waals surface area contributed by atoms with Crippen LogP contribution in [-0.2, 0) is 4.74 Å². The molecule has 0 spiro atoms. The number of ether oxygens (including phenoxy) is 1. The highest BCUT2D eigenvalue weighted by Crippen LogP contribution is 2.41. The first-order valence-electron chi connectivity index (χ1n) is 6.97. The van der Waals surface area contributed by atoms with Crippen molar-refractivity contribution in [2.24, 2.45) is 11.3 Å². The van der Waals surface area contributed by atoms with E-state index in [-0.39, 0.29) is 11.5 Å². The quantitative estimate of drug-likeness (QED) is 0.793. The first-order valence-corrected chi connectivity index (χ1v) is 6.97. The molecule has 100 valence electrons. The van der Waals surface area contributed by atoms with Crippen LogP contribution in [0.1, 0.15) is 47.0 Å². The summed E-state index contributed by atoms with van der Waals surface area (Å²) in [7, 11) is 0. The molecule has 3 nitrogen and oxygen atoms in total. The van der Waals surface area contributed by atoms with Crippen molar-refractivity contribution < 1.29 is 9.84 Å². The molecule has 17 heavy (non-hydrogen) atoms. The van der Waals surface area contributed by atoms with Gasteiger partial charge in [0.2, 0.25) is 0 Å². The van der Waals surface area contributed by atoms with Gasteiger partial charge in [0.1, 0.15) is 0 Å². The Hall–Kier alpha value is -0.120. The summed E-state index contributed by atoms with van der Waals surface area (Å²) in [6.45, 7) is 9.63. The Morgan fingerprint density at radius 2 is 2.00 bits per heavy atom. The molecule has 0 aromatic rings. The summed E-state index contributed by atoms with van der Waals surface area (Å²) in [5, 5.41) is 13.5. The molecule has 0 aromatic carbocycles. The molecule has 2 N–H and O–H groups in total. The fraction of sp³-hybridized carbons (Fsp3) is 1.00. The second-order valence-corrected chi connectivity index (χ2v) is 6.67. The van der Waals surface area contributed by atoms with Crippen LogP contribution in [0.2, 0.25) is 0 Å². The van der Waals surface area contributed by atoms with Gasteiger partial charge in [0.25, 0.3) is 0 Å². The van der Waals surface area contributed by atoms with Crippen molar-refractivity contribution in [2.75, 3.05) is 6.61 Å². The Labute approximate surface area is 105 Å². The summed E-state index contributed by atoms with van der Waals surface area (Å²) < 4.78 is 5.79. The number of aliphatic hydroxyl groups excluding tert-OH is 1. The first kappa shape index (κ1) is 13.3. The number of aliphatic hydroxyl groups is 1. The van der Waals surface area contributed by atoms with E-state index in [9.17, 15) is 5.11 Å². The second kappa shape index (κ2) is 4.87. The summed E-state index contributed by atoms with van der Waals surface area (Å²) in [5.41, 5.74) is 0.0334. The molecular weight excluding hydrogens is 214 g/mol. The lowest BCUT2D eigenvalue weighted by Crippen LogP contribution is -2.62. The smallest absolute Gasteiger partial charge is 0.0621 e. The summed E-state index contributed by atoms with van der Waals surface area (Å²) in [4.78, 5) is 0. The summed E-state index contributed by atoms with van der Waals surface area (Å²) in [6.07, 6.45) is 3.37. The van der Waals surface area contributed by atoms with Crippen molar-refractivity contribution in [3.05, 3.63) is 0 Å². The minimum absolute atomic E-state index is 0.0334. The average molecular weight is 241 g/mol. The highest BCUT2D eigenvalue weighted by atomic mass is 16.5. The lowest BCUT2D eigenvalue weighted by Gasteiger charge is -2.51. The van der Waals surface area contributed by atoms with Crippen LogP contribution >= 0.6 is 0 Å². The summed E-state index contributed by atoms with van der Waals surface area (Å²) in [5.74, 6) is 0.597. The zero-order valence-electron chi connectivity index (χ0n) is 11.6. The molecule has 0 bridgehead atoms. The van der Waals surface area contributed by atoms with Gasteiger partial charge in [0.15, 0.2) is 0 Å². The number of rotatable bonds is 3. The van der Waals surface area contributed by atoms with Crippen molar-refractivity contribution in [3.63, 3.8) is 0 Å². The van der Waals surface area contributed by atoms with Crippen LogP contribution in [0, 0.1) is 11.3 Å². The average Bonchev–Trinajstić information content (AvgIpc) is 2.29. The van der Waals surface area contributed by atoms with Gasteiger partial charge >= 0.3 is 0 Å². The van der Waals surface area contributed by atoms with Crippen LogP contribution in [0.5, 0.6) is 0 Å². The molecule has 2 aliphatic rings. The molecule has 2 rings (SSSR count). The van der Waals surface area contributed by atoms with Crippen LogP contribution in [0.25, 0.3) is 0 Å². The van der Waals surface area contributed by atoms with Gasteiger partial charge < -0.3 is 15.2 Å². The van der Waals surface area contributed by atoms with E-state index in [0.717, 1.165) is 25.9 Å². The molecule has 1 saturated heterocycles. The van der Waals surface area contributed by atoms with Crippen LogP contribution in [0.15, 0.2) is 0 Å². The van der Waals surface area contributed by atoms with E-state index >= 15 is 0 Å². The Balaban J connectivity index is 1.84. The molecule has 4 atom stereocenters. The largest absolute Gasteiger partial charge is 0.392 e. The topological polar surface area (TPSA) is 41.5 Å². The fourth-order valence-electron chi connectivity index (χ4n) is 2.91. The fourth-order valence-corrected chi connectivity index (χ4v) is 2.91. The van der Waals surface area contributed by atoms with Gasteiger partial charge in [-0.2, -0.15) is 0 Å². The predicted molar refractivity (Wildman–Crippen MR) is 68.9 cm³/mol. The predicted octanol–water partition coefficient (Wildman–Crippen LogP) is 1.94. The van der Waals surface area contributed by atoms with Gasteiger partial charge in [-0.25, -0.2) is 0 Å². The zero-order chi connectivity index (χ0) is 12.6. The molecule has 4 unspecified atom stereocenters. The lowest BCUT2D eigenvalue weighted by atomic mass is 9.64.